The molecular formula is C18H20ClN5OS. The van der Waals surface area contributed by atoms with Crippen LogP contribution < -0.4 is 0 Å². The summed E-state index contributed by atoms with van der Waals surface area (Å²) in [7, 11) is 0. The number of aliphatic hydroxyl groups excluding tert-OH is 1. The average molecular weight is 390 g/mol. The van der Waals surface area contributed by atoms with Crippen molar-refractivity contribution in [1.29, 1.82) is 0 Å². The van der Waals surface area contributed by atoms with Crippen LogP contribution in [0.3, 0.4) is 0 Å². The van der Waals surface area contributed by atoms with E-state index in [0.29, 0.717) is 29.3 Å². The van der Waals surface area contributed by atoms with Gasteiger partial charge in [0, 0.05) is 23.5 Å². The highest BCUT2D eigenvalue weighted by atomic mass is 35.5. The van der Waals surface area contributed by atoms with Gasteiger partial charge in [0.25, 0.3) is 0 Å². The molecule has 0 unspecified atom stereocenters. The number of hydrogen-bond acceptors (Lipinski definition) is 5. The number of aromatic nitrogens is 5. The number of aliphatic hydroxyl groups is 1. The van der Waals surface area contributed by atoms with E-state index in [1.807, 2.05) is 22.8 Å². The summed E-state index contributed by atoms with van der Waals surface area (Å²) >= 11 is 7.83. The monoisotopic (exact) mass is 389 g/mol. The van der Waals surface area contributed by atoms with Crippen LogP contribution >= 0.6 is 23.4 Å². The summed E-state index contributed by atoms with van der Waals surface area (Å²) in [6, 6.07) is 6.27. The second-order valence-electron chi connectivity index (χ2n) is 7.04. The zero-order chi connectivity index (χ0) is 17.7. The first-order valence-electron chi connectivity index (χ1n) is 9.07. The van der Waals surface area contributed by atoms with Crippen LogP contribution in [0.5, 0.6) is 0 Å². The minimum Gasteiger partial charge on any atom is -0.395 e. The van der Waals surface area contributed by atoms with E-state index in [1.54, 1.807) is 11.8 Å². The van der Waals surface area contributed by atoms with Gasteiger partial charge < -0.3 is 14.2 Å². The molecule has 2 heterocycles. The lowest BCUT2D eigenvalue weighted by Crippen LogP contribution is -2.07. The van der Waals surface area contributed by atoms with Gasteiger partial charge in [-0.25, -0.2) is 4.98 Å². The summed E-state index contributed by atoms with van der Waals surface area (Å²) in [5.74, 6) is 3.41. The van der Waals surface area contributed by atoms with Crippen LogP contribution in [-0.2, 0) is 12.3 Å². The molecule has 0 spiro atoms. The maximum Gasteiger partial charge on any atom is 0.191 e. The zero-order valence-corrected chi connectivity index (χ0v) is 15.9. The maximum absolute atomic E-state index is 9.46. The second-order valence-corrected chi connectivity index (χ2v) is 8.42. The highest BCUT2D eigenvalue weighted by Crippen LogP contribution is 2.46. The molecule has 1 N–H and O–H groups in total. The van der Waals surface area contributed by atoms with E-state index < -0.39 is 0 Å². The van der Waals surface area contributed by atoms with Gasteiger partial charge in [-0.05, 0) is 43.9 Å². The van der Waals surface area contributed by atoms with E-state index in [-0.39, 0.29) is 6.61 Å². The van der Waals surface area contributed by atoms with Crippen molar-refractivity contribution in [3.8, 4) is 0 Å². The number of fused-ring (bicyclic) bond motifs is 1. The fraction of sp³-hybridized carbons (Fsp3) is 0.500. The normalized spacial score (nSPS) is 17.3. The van der Waals surface area contributed by atoms with Crippen LogP contribution in [-0.4, -0.2) is 36.0 Å². The van der Waals surface area contributed by atoms with Crippen molar-refractivity contribution in [3.63, 3.8) is 0 Å². The summed E-state index contributed by atoms with van der Waals surface area (Å²) in [4.78, 5) is 4.75. The molecule has 2 fully saturated rings. The smallest absolute Gasteiger partial charge is 0.191 e. The molecule has 0 saturated heterocycles. The Morgan fingerprint density at radius 2 is 2.04 bits per heavy atom. The van der Waals surface area contributed by atoms with Crippen LogP contribution in [0, 0.1) is 0 Å². The number of hydrogen-bond donors (Lipinski definition) is 1. The molecule has 0 aliphatic heterocycles. The molecule has 2 aromatic heterocycles. The molecule has 0 radical (unpaired) electrons. The van der Waals surface area contributed by atoms with E-state index in [4.69, 9.17) is 16.6 Å². The largest absolute Gasteiger partial charge is 0.395 e. The minimum absolute atomic E-state index is 0.0692. The predicted octanol–water partition coefficient (Wildman–Crippen LogP) is 3.78. The van der Waals surface area contributed by atoms with E-state index in [0.717, 1.165) is 22.0 Å². The molecule has 26 heavy (non-hydrogen) atoms. The molecule has 8 heteroatoms. The SMILES string of the molecule is OCCn1c(CSc2nnc(C3CC3)n2C2CC2)nc2ccc(Cl)cc21. The zero-order valence-electron chi connectivity index (χ0n) is 14.3. The Bertz CT molecular complexity index is 960. The number of benzene rings is 1. The van der Waals surface area contributed by atoms with Crippen LogP contribution in [0.25, 0.3) is 11.0 Å². The molecule has 6 nitrogen and oxygen atoms in total. The van der Waals surface area contributed by atoms with Crippen molar-refractivity contribution < 1.29 is 5.11 Å². The van der Waals surface area contributed by atoms with Crippen molar-refractivity contribution >= 4 is 34.4 Å². The number of halogens is 1. The van der Waals surface area contributed by atoms with Crippen LogP contribution in [0.2, 0.25) is 5.02 Å². The Kier molecular flexibility index (Phi) is 4.18. The molecule has 0 atom stereocenters. The van der Waals surface area contributed by atoms with Gasteiger partial charge >= 0.3 is 0 Å². The third kappa shape index (κ3) is 3.02. The van der Waals surface area contributed by atoms with Crippen molar-refractivity contribution in [2.45, 2.75) is 55.1 Å². The van der Waals surface area contributed by atoms with Gasteiger partial charge in [-0.15, -0.1) is 10.2 Å². The molecule has 1 aromatic carbocycles. The van der Waals surface area contributed by atoms with E-state index >= 15 is 0 Å². The highest BCUT2D eigenvalue weighted by molar-refractivity contribution is 7.98. The quantitative estimate of drug-likeness (QED) is 0.623. The van der Waals surface area contributed by atoms with Gasteiger partial charge in [0.1, 0.15) is 11.6 Å². The number of rotatable bonds is 7. The standard InChI is InChI=1S/C18H20ClN5OS/c19-12-3-6-14-15(9-12)23(7-8-25)16(20-14)10-26-18-22-21-17(11-1-2-11)24(18)13-4-5-13/h3,6,9,11,13,25H,1-2,4-5,7-8,10H2. The van der Waals surface area contributed by atoms with Gasteiger partial charge in [0.05, 0.1) is 23.4 Å². The van der Waals surface area contributed by atoms with Gasteiger partial charge in [-0.1, -0.05) is 23.4 Å². The van der Waals surface area contributed by atoms with Gasteiger partial charge in [-0.3, -0.25) is 0 Å². The molecule has 0 bridgehead atoms. The van der Waals surface area contributed by atoms with E-state index in [2.05, 4.69) is 14.8 Å². The number of imidazole rings is 1. The van der Waals surface area contributed by atoms with E-state index in [9.17, 15) is 5.11 Å². The Morgan fingerprint density at radius 3 is 2.77 bits per heavy atom. The number of thioether (sulfide) groups is 1. The van der Waals surface area contributed by atoms with E-state index in [1.165, 1.54) is 31.5 Å². The summed E-state index contributed by atoms with van der Waals surface area (Å²) in [6.45, 7) is 0.578. The van der Waals surface area contributed by atoms with Crippen molar-refractivity contribution in [1.82, 2.24) is 24.3 Å². The van der Waals surface area contributed by atoms with Crippen LogP contribution in [0.15, 0.2) is 23.4 Å². The van der Waals surface area contributed by atoms with Crippen LogP contribution in [0.1, 0.15) is 49.3 Å². The average Bonchev–Trinajstić information content (AvgIpc) is 3.57. The first kappa shape index (κ1) is 16.6. The predicted molar refractivity (Wildman–Crippen MR) is 102 cm³/mol. The van der Waals surface area contributed by atoms with Gasteiger partial charge in [0.2, 0.25) is 0 Å². The minimum atomic E-state index is 0.0692. The molecule has 2 aliphatic carbocycles. The summed E-state index contributed by atoms with van der Waals surface area (Å²) < 4.78 is 4.41. The molecule has 2 saturated carbocycles. The molecule has 0 amide bonds. The molecule has 136 valence electrons. The van der Waals surface area contributed by atoms with Gasteiger partial charge in [-0.2, -0.15) is 0 Å². The Hall–Kier alpha value is -1.57. The lowest BCUT2D eigenvalue weighted by molar-refractivity contribution is 0.276. The summed E-state index contributed by atoms with van der Waals surface area (Å²) in [5, 5.41) is 20.1. The Labute approximate surface area is 160 Å². The van der Waals surface area contributed by atoms with Crippen LogP contribution in [0.4, 0.5) is 0 Å². The third-order valence-corrected chi connectivity index (χ3v) is 6.16. The highest BCUT2D eigenvalue weighted by Gasteiger charge is 2.36. The molecule has 2 aliphatic rings. The first-order chi connectivity index (χ1) is 12.7. The summed E-state index contributed by atoms with van der Waals surface area (Å²) in [6.07, 6.45) is 4.94. The van der Waals surface area contributed by atoms with Gasteiger partial charge in [0.15, 0.2) is 5.16 Å². The molecular weight excluding hydrogens is 370 g/mol. The second kappa shape index (κ2) is 6.55. The maximum atomic E-state index is 9.46. The molecule has 5 rings (SSSR count). The van der Waals surface area contributed by atoms with Crippen molar-refractivity contribution in [2.24, 2.45) is 0 Å². The third-order valence-electron chi connectivity index (χ3n) is 4.99. The van der Waals surface area contributed by atoms with Crippen molar-refractivity contribution in [2.75, 3.05) is 6.61 Å². The topological polar surface area (TPSA) is 68.8 Å². The Balaban J connectivity index is 1.44. The Morgan fingerprint density at radius 1 is 1.19 bits per heavy atom. The first-order valence-corrected chi connectivity index (χ1v) is 10.4. The number of nitrogens with zero attached hydrogens (tertiary/aromatic N) is 5. The fourth-order valence-electron chi connectivity index (χ4n) is 3.42. The molecule has 3 aromatic rings. The lowest BCUT2D eigenvalue weighted by Gasteiger charge is -2.09. The summed E-state index contributed by atoms with van der Waals surface area (Å²) in [5.41, 5.74) is 1.87. The fourth-order valence-corrected chi connectivity index (χ4v) is 4.54. The van der Waals surface area contributed by atoms with Crippen molar-refractivity contribution in [3.05, 3.63) is 34.9 Å². The lowest BCUT2D eigenvalue weighted by atomic mass is 10.3.